The van der Waals surface area contributed by atoms with Crippen LogP contribution in [0.15, 0.2) is 11.6 Å². The van der Waals surface area contributed by atoms with E-state index in [-0.39, 0.29) is 5.41 Å². The molecule has 1 heteroatoms. The Balaban J connectivity index is 1.58. The van der Waals surface area contributed by atoms with Gasteiger partial charge in [0.25, 0.3) is 0 Å². The van der Waals surface area contributed by atoms with Crippen molar-refractivity contribution in [1.82, 2.24) is 0 Å². The van der Waals surface area contributed by atoms with Gasteiger partial charge in [0.2, 0.25) is 0 Å². The van der Waals surface area contributed by atoms with Crippen LogP contribution >= 0.6 is 0 Å². The molecule has 0 aromatic rings. The second-order valence-electron chi connectivity index (χ2n) is 14.4. The molecule has 0 amide bonds. The first-order valence-electron chi connectivity index (χ1n) is 13.6. The summed E-state index contributed by atoms with van der Waals surface area (Å²) in [5.74, 6) is 3.63. The Hall–Kier alpha value is -0.590. The standard InChI is InChI=1S/C30H50O/c1-9-28(6)16-17-29(7)21(19-28)18-25(31)26-23-11-10-22(20(2)12-14-27(3,4)5)30(23,8)15-13-24(26)29/h18,20,22-24,26H,9-17,19H2,1-8H3/t20-,22-,23?,24+,26+,28-,29+,30-/m1/s1. The van der Waals surface area contributed by atoms with Crippen molar-refractivity contribution in [2.24, 2.45) is 51.2 Å². The van der Waals surface area contributed by atoms with Gasteiger partial charge in [0.05, 0.1) is 0 Å². The van der Waals surface area contributed by atoms with Crippen LogP contribution in [-0.2, 0) is 4.79 Å². The maximum atomic E-state index is 13.7. The molecule has 0 aromatic carbocycles. The van der Waals surface area contributed by atoms with Crippen molar-refractivity contribution in [2.75, 3.05) is 0 Å². The minimum absolute atomic E-state index is 0.282. The molecular formula is C30H50O. The highest BCUT2D eigenvalue weighted by molar-refractivity contribution is 5.94. The summed E-state index contributed by atoms with van der Waals surface area (Å²) < 4.78 is 0. The number of carbonyl (C=O) groups is 1. The van der Waals surface area contributed by atoms with E-state index in [4.69, 9.17) is 0 Å². The van der Waals surface area contributed by atoms with Crippen LogP contribution in [0.3, 0.4) is 0 Å². The van der Waals surface area contributed by atoms with Crippen molar-refractivity contribution in [2.45, 2.75) is 120 Å². The molecule has 1 nitrogen and oxygen atoms in total. The van der Waals surface area contributed by atoms with Crippen LogP contribution in [0.2, 0.25) is 0 Å². The predicted molar refractivity (Wildman–Crippen MR) is 132 cm³/mol. The first-order chi connectivity index (χ1) is 14.3. The summed E-state index contributed by atoms with van der Waals surface area (Å²) in [6.07, 6.45) is 15.1. The Kier molecular flexibility index (Phi) is 5.88. The molecule has 8 atom stereocenters. The molecule has 31 heavy (non-hydrogen) atoms. The van der Waals surface area contributed by atoms with E-state index in [1.165, 1.54) is 63.4 Å². The third-order valence-electron chi connectivity index (χ3n) is 11.3. The quantitative estimate of drug-likeness (QED) is 0.439. The predicted octanol–water partition coefficient (Wildman–Crippen LogP) is 8.62. The number of hydrogen-bond acceptors (Lipinski definition) is 1. The molecule has 3 fully saturated rings. The fraction of sp³-hybridized carbons (Fsp3) is 0.900. The van der Waals surface area contributed by atoms with Gasteiger partial charge in [0, 0.05) is 5.92 Å². The van der Waals surface area contributed by atoms with Gasteiger partial charge in [-0.25, -0.2) is 0 Å². The van der Waals surface area contributed by atoms with Crippen LogP contribution < -0.4 is 0 Å². The zero-order valence-corrected chi connectivity index (χ0v) is 21.9. The molecule has 0 heterocycles. The average Bonchev–Trinajstić information content (AvgIpc) is 3.04. The topological polar surface area (TPSA) is 17.1 Å². The zero-order chi connectivity index (χ0) is 22.8. The molecule has 0 bridgehead atoms. The minimum atomic E-state index is 0.282. The van der Waals surface area contributed by atoms with Crippen molar-refractivity contribution >= 4 is 5.78 Å². The van der Waals surface area contributed by atoms with E-state index in [9.17, 15) is 4.79 Å². The monoisotopic (exact) mass is 426 g/mol. The lowest BCUT2D eigenvalue weighted by Gasteiger charge is -2.59. The molecule has 4 aliphatic carbocycles. The van der Waals surface area contributed by atoms with Gasteiger partial charge in [-0.05, 0) is 109 Å². The Labute approximate surface area is 193 Å². The highest BCUT2D eigenvalue weighted by Gasteiger charge is 2.61. The molecular weight excluding hydrogens is 376 g/mol. The minimum Gasteiger partial charge on any atom is -0.295 e. The molecule has 0 spiro atoms. The maximum Gasteiger partial charge on any atom is 0.159 e. The highest BCUT2D eigenvalue weighted by atomic mass is 16.1. The van der Waals surface area contributed by atoms with Gasteiger partial charge in [0.15, 0.2) is 5.78 Å². The number of carbonyl (C=O) groups excluding carboxylic acids is 1. The number of allylic oxidation sites excluding steroid dienone is 2. The van der Waals surface area contributed by atoms with E-state index in [0.29, 0.717) is 39.8 Å². The smallest absolute Gasteiger partial charge is 0.159 e. The van der Waals surface area contributed by atoms with Gasteiger partial charge in [0.1, 0.15) is 0 Å². The van der Waals surface area contributed by atoms with Crippen LogP contribution in [0.5, 0.6) is 0 Å². The molecule has 0 aromatic heterocycles. The van der Waals surface area contributed by atoms with Crippen LogP contribution in [0.1, 0.15) is 120 Å². The van der Waals surface area contributed by atoms with Gasteiger partial charge in [-0.15, -0.1) is 0 Å². The van der Waals surface area contributed by atoms with E-state index in [1.54, 1.807) is 0 Å². The Bertz CT molecular complexity index is 740. The Morgan fingerprint density at radius 1 is 1.03 bits per heavy atom. The second kappa shape index (κ2) is 7.73. The highest BCUT2D eigenvalue weighted by Crippen LogP contribution is 2.67. The van der Waals surface area contributed by atoms with Crippen molar-refractivity contribution < 1.29 is 4.79 Å². The summed E-state index contributed by atoms with van der Waals surface area (Å²) in [5, 5.41) is 0. The van der Waals surface area contributed by atoms with Crippen molar-refractivity contribution in [3.8, 4) is 0 Å². The SMILES string of the molecule is CC[C@]1(C)CC[C@@]2(C)C(=CC(=O)[C@H]3C4CC[C@H]([C@H](C)CCC(C)(C)C)[C@@]4(C)CC[C@@H]32)C1. The molecule has 0 radical (unpaired) electrons. The van der Waals surface area contributed by atoms with Crippen LogP contribution in [-0.4, -0.2) is 5.78 Å². The maximum absolute atomic E-state index is 13.7. The average molecular weight is 427 g/mol. The summed E-state index contributed by atoms with van der Waals surface area (Å²) in [6.45, 7) is 19.6. The second-order valence-corrected chi connectivity index (χ2v) is 14.4. The third kappa shape index (κ3) is 3.89. The van der Waals surface area contributed by atoms with Crippen LogP contribution in [0.25, 0.3) is 0 Å². The van der Waals surface area contributed by atoms with E-state index < -0.39 is 0 Å². The molecule has 176 valence electrons. The summed E-state index contributed by atoms with van der Waals surface area (Å²) in [7, 11) is 0. The first-order valence-corrected chi connectivity index (χ1v) is 13.6. The van der Waals surface area contributed by atoms with Gasteiger partial charge in [-0.1, -0.05) is 67.4 Å². The molecule has 0 N–H and O–H groups in total. The number of ketones is 1. The number of hydrogen-bond donors (Lipinski definition) is 0. The van der Waals surface area contributed by atoms with Crippen molar-refractivity contribution in [3.63, 3.8) is 0 Å². The summed E-state index contributed by atoms with van der Waals surface area (Å²) in [6, 6.07) is 0. The van der Waals surface area contributed by atoms with E-state index in [2.05, 4.69) is 61.5 Å². The number of fused-ring (bicyclic) bond motifs is 5. The largest absolute Gasteiger partial charge is 0.295 e. The molecule has 1 unspecified atom stereocenters. The number of rotatable bonds is 4. The van der Waals surface area contributed by atoms with Crippen LogP contribution in [0, 0.1) is 51.2 Å². The lowest BCUT2D eigenvalue weighted by molar-refractivity contribution is -0.135. The van der Waals surface area contributed by atoms with E-state index in [1.807, 2.05) is 0 Å². The van der Waals surface area contributed by atoms with Gasteiger partial charge in [-0.3, -0.25) is 4.79 Å². The third-order valence-corrected chi connectivity index (χ3v) is 11.3. The van der Waals surface area contributed by atoms with Crippen LogP contribution in [0.4, 0.5) is 0 Å². The van der Waals surface area contributed by atoms with Crippen molar-refractivity contribution in [1.29, 1.82) is 0 Å². The first kappa shape index (κ1) is 23.6. The molecule has 4 aliphatic rings. The van der Waals surface area contributed by atoms with E-state index in [0.717, 1.165) is 18.3 Å². The fourth-order valence-electron chi connectivity index (χ4n) is 8.77. The molecule has 4 rings (SSSR count). The van der Waals surface area contributed by atoms with Gasteiger partial charge >= 0.3 is 0 Å². The normalized spacial score (nSPS) is 46.1. The van der Waals surface area contributed by atoms with Gasteiger partial charge in [-0.2, -0.15) is 0 Å². The summed E-state index contributed by atoms with van der Waals surface area (Å²) in [4.78, 5) is 13.7. The molecule has 0 saturated heterocycles. The van der Waals surface area contributed by atoms with Gasteiger partial charge < -0.3 is 0 Å². The Morgan fingerprint density at radius 3 is 2.39 bits per heavy atom. The fourth-order valence-corrected chi connectivity index (χ4v) is 8.77. The molecule has 3 saturated carbocycles. The van der Waals surface area contributed by atoms with E-state index >= 15 is 0 Å². The lowest BCUT2D eigenvalue weighted by atomic mass is 9.45. The van der Waals surface area contributed by atoms with Crippen molar-refractivity contribution in [3.05, 3.63) is 11.6 Å². The zero-order valence-electron chi connectivity index (χ0n) is 21.9. The summed E-state index contributed by atoms with van der Waals surface area (Å²) >= 11 is 0. The molecule has 0 aliphatic heterocycles. The Morgan fingerprint density at radius 2 is 1.74 bits per heavy atom. The summed E-state index contributed by atoms with van der Waals surface area (Å²) in [5.41, 5.74) is 3.01. The lowest BCUT2D eigenvalue weighted by Crippen LogP contribution is -2.54.